The van der Waals surface area contributed by atoms with Crippen LogP contribution in [0, 0.1) is 0 Å². The molecule has 1 rings (SSSR count). The fourth-order valence-electron chi connectivity index (χ4n) is 1.50. The zero-order valence-electron chi connectivity index (χ0n) is 11.1. The van der Waals surface area contributed by atoms with Gasteiger partial charge in [-0.2, -0.15) is 0 Å². The lowest BCUT2D eigenvalue weighted by Crippen LogP contribution is -2.35. The lowest BCUT2D eigenvalue weighted by molar-refractivity contribution is 0.0905. The summed E-state index contributed by atoms with van der Waals surface area (Å²) in [6.45, 7) is 2.24. The Morgan fingerprint density at radius 3 is 2.37 bits per heavy atom. The number of methoxy groups -OCH3 is 1. The van der Waals surface area contributed by atoms with Crippen molar-refractivity contribution in [2.75, 3.05) is 20.8 Å². The Kier molecular flexibility index (Phi) is 5.46. The van der Waals surface area contributed by atoms with Crippen LogP contribution < -0.4 is 10.0 Å². The summed E-state index contributed by atoms with van der Waals surface area (Å²) in [6, 6.07) is 5.61. The van der Waals surface area contributed by atoms with Gasteiger partial charge in [0.05, 0.1) is 11.5 Å². The Morgan fingerprint density at radius 2 is 1.89 bits per heavy atom. The Labute approximate surface area is 113 Å². The first-order valence-electron chi connectivity index (χ1n) is 5.74. The van der Waals surface area contributed by atoms with Crippen LogP contribution in [0.4, 0.5) is 0 Å². The van der Waals surface area contributed by atoms with Crippen molar-refractivity contribution in [2.24, 2.45) is 0 Å². The van der Waals surface area contributed by atoms with Crippen LogP contribution in [0.15, 0.2) is 29.2 Å². The number of amides is 1. The predicted octanol–water partition coefficient (Wildman–Crippen LogP) is 0.359. The van der Waals surface area contributed by atoms with Crippen LogP contribution in [-0.4, -0.2) is 41.1 Å². The standard InChI is InChI=1S/C12H18N2O4S/c1-9(8-18-3)14-12(15)10-4-6-11(7-5-10)19(16,17)13-2/h4-7,9,13H,8H2,1-3H3,(H,14,15). The quantitative estimate of drug-likeness (QED) is 0.791. The third-order valence-corrected chi connectivity index (χ3v) is 3.92. The van der Waals surface area contributed by atoms with E-state index < -0.39 is 10.0 Å². The van der Waals surface area contributed by atoms with Crippen molar-refractivity contribution in [2.45, 2.75) is 17.9 Å². The highest BCUT2D eigenvalue weighted by Gasteiger charge is 2.13. The molecule has 1 atom stereocenters. The van der Waals surface area contributed by atoms with E-state index in [1.165, 1.54) is 31.3 Å². The molecule has 1 amide bonds. The maximum Gasteiger partial charge on any atom is 0.251 e. The molecule has 2 N–H and O–H groups in total. The van der Waals surface area contributed by atoms with Gasteiger partial charge in [-0.1, -0.05) is 0 Å². The van der Waals surface area contributed by atoms with E-state index in [-0.39, 0.29) is 16.8 Å². The van der Waals surface area contributed by atoms with Crippen LogP contribution in [0.3, 0.4) is 0 Å². The molecule has 0 spiro atoms. The summed E-state index contributed by atoms with van der Waals surface area (Å²) in [5, 5.41) is 2.74. The molecule has 0 heterocycles. The number of nitrogens with one attached hydrogen (secondary N) is 2. The average Bonchev–Trinajstić information content (AvgIpc) is 2.39. The fraction of sp³-hybridized carbons (Fsp3) is 0.417. The summed E-state index contributed by atoms with van der Waals surface area (Å²) < 4.78 is 30.2. The second kappa shape index (κ2) is 6.65. The summed E-state index contributed by atoms with van der Waals surface area (Å²) in [5.41, 5.74) is 0.401. The van der Waals surface area contributed by atoms with Gasteiger partial charge in [0.1, 0.15) is 0 Å². The van der Waals surface area contributed by atoms with E-state index in [2.05, 4.69) is 10.0 Å². The van der Waals surface area contributed by atoms with Crippen LogP contribution in [0.2, 0.25) is 0 Å². The number of carbonyl (C=O) groups excluding carboxylic acids is 1. The number of carbonyl (C=O) groups is 1. The molecule has 1 aromatic rings. The van der Waals surface area contributed by atoms with Crippen LogP contribution in [0.5, 0.6) is 0 Å². The van der Waals surface area contributed by atoms with Crippen molar-refractivity contribution in [1.82, 2.24) is 10.0 Å². The Hall–Kier alpha value is -1.44. The summed E-state index contributed by atoms with van der Waals surface area (Å²) in [7, 11) is -0.583. The van der Waals surface area contributed by atoms with Gasteiger partial charge in [0.15, 0.2) is 0 Å². The molecular formula is C12H18N2O4S. The van der Waals surface area contributed by atoms with Gasteiger partial charge in [-0.3, -0.25) is 4.79 Å². The first-order valence-corrected chi connectivity index (χ1v) is 7.22. The summed E-state index contributed by atoms with van der Waals surface area (Å²) in [6.07, 6.45) is 0. The van der Waals surface area contributed by atoms with Gasteiger partial charge in [-0.25, -0.2) is 13.1 Å². The molecule has 0 saturated heterocycles. The average molecular weight is 286 g/mol. The van der Waals surface area contributed by atoms with Crippen LogP contribution in [0.1, 0.15) is 17.3 Å². The molecule has 0 saturated carbocycles. The molecule has 0 radical (unpaired) electrons. The minimum Gasteiger partial charge on any atom is -0.383 e. The highest BCUT2D eigenvalue weighted by molar-refractivity contribution is 7.89. The van der Waals surface area contributed by atoms with Crippen LogP contribution in [-0.2, 0) is 14.8 Å². The zero-order valence-corrected chi connectivity index (χ0v) is 12.0. The van der Waals surface area contributed by atoms with Crippen molar-refractivity contribution in [3.05, 3.63) is 29.8 Å². The molecule has 0 aromatic heterocycles. The summed E-state index contributed by atoms with van der Waals surface area (Å²) in [4.78, 5) is 12.0. The zero-order chi connectivity index (χ0) is 14.5. The smallest absolute Gasteiger partial charge is 0.251 e. The minimum atomic E-state index is -3.47. The maximum absolute atomic E-state index is 11.8. The Bertz CT molecular complexity index is 525. The third-order valence-electron chi connectivity index (χ3n) is 2.49. The molecule has 7 heteroatoms. The van der Waals surface area contributed by atoms with E-state index in [4.69, 9.17) is 4.74 Å². The summed E-state index contributed by atoms with van der Waals surface area (Å²) >= 11 is 0. The van der Waals surface area contributed by atoms with E-state index in [0.29, 0.717) is 12.2 Å². The monoisotopic (exact) mass is 286 g/mol. The number of hydrogen-bond donors (Lipinski definition) is 2. The topological polar surface area (TPSA) is 84.5 Å². The van der Waals surface area contributed by atoms with Gasteiger partial charge in [0.25, 0.3) is 5.91 Å². The Balaban J connectivity index is 2.79. The fourth-order valence-corrected chi connectivity index (χ4v) is 2.23. The second-order valence-electron chi connectivity index (χ2n) is 4.06. The first kappa shape index (κ1) is 15.6. The minimum absolute atomic E-state index is 0.113. The lowest BCUT2D eigenvalue weighted by Gasteiger charge is -2.12. The van der Waals surface area contributed by atoms with E-state index in [1.54, 1.807) is 7.11 Å². The van der Waals surface area contributed by atoms with Crippen molar-refractivity contribution in [1.29, 1.82) is 0 Å². The predicted molar refractivity (Wildman–Crippen MR) is 71.5 cm³/mol. The van der Waals surface area contributed by atoms with Gasteiger partial charge in [0, 0.05) is 18.7 Å². The molecule has 6 nitrogen and oxygen atoms in total. The third kappa shape index (κ3) is 4.30. The molecule has 0 fully saturated rings. The first-order chi connectivity index (χ1) is 8.90. The highest BCUT2D eigenvalue weighted by atomic mass is 32.2. The van der Waals surface area contributed by atoms with Crippen molar-refractivity contribution in [3.8, 4) is 0 Å². The van der Waals surface area contributed by atoms with Crippen molar-refractivity contribution in [3.63, 3.8) is 0 Å². The lowest BCUT2D eigenvalue weighted by atomic mass is 10.2. The van der Waals surface area contributed by atoms with Crippen molar-refractivity contribution < 1.29 is 17.9 Å². The molecule has 19 heavy (non-hydrogen) atoms. The molecule has 0 aliphatic rings. The van der Waals surface area contributed by atoms with Crippen LogP contribution in [0.25, 0.3) is 0 Å². The van der Waals surface area contributed by atoms with E-state index >= 15 is 0 Å². The number of hydrogen-bond acceptors (Lipinski definition) is 4. The SMILES string of the molecule is CNS(=O)(=O)c1ccc(C(=O)NC(C)COC)cc1. The highest BCUT2D eigenvalue weighted by Crippen LogP contribution is 2.10. The van der Waals surface area contributed by atoms with Gasteiger partial charge in [0.2, 0.25) is 10.0 Å². The van der Waals surface area contributed by atoms with Gasteiger partial charge in [-0.05, 0) is 38.2 Å². The van der Waals surface area contributed by atoms with E-state index in [1.807, 2.05) is 6.92 Å². The van der Waals surface area contributed by atoms with Gasteiger partial charge >= 0.3 is 0 Å². The van der Waals surface area contributed by atoms with E-state index in [0.717, 1.165) is 0 Å². The van der Waals surface area contributed by atoms with Crippen molar-refractivity contribution >= 4 is 15.9 Å². The van der Waals surface area contributed by atoms with E-state index in [9.17, 15) is 13.2 Å². The Morgan fingerprint density at radius 1 is 1.32 bits per heavy atom. The molecule has 1 aromatic carbocycles. The van der Waals surface area contributed by atoms with Gasteiger partial charge in [-0.15, -0.1) is 0 Å². The number of ether oxygens (including phenoxy) is 1. The molecule has 0 bridgehead atoms. The van der Waals surface area contributed by atoms with Gasteiger partial charge < -0.3 is 10.1 Å². The molecule has 106 valence electrons. The number of rotatable bonds is 6. The number of benzene rings is 1. The molecular weight excluding hydrogens is 268 g/mol. The molecule has 0 aliphatic carbocycles. The second-order valence-corrected chi connectivity index (χ2v) is 5.95. The number of sulfonamides is 1. The van der Waals surface area contributed by atoms with Crippen LogP contribution >= 0.6 is 0 Å². The maximum atomic E-state index is 11.8. The normalized spacial score (nSPS) is 13.0. The molecule has 0 aliphatic heterocycles. The molecule has 1 unspecified atom stereocenters. The summed E-state index contributed by atoms with van der Waals surface area (Å²) in [5.74, 6) is -0.266. The largest absolute Gasteiger partial charge is 0.383 e.